The monoisotopic (exact) mass is 280 g/mol. The molecule has 0 amide bonds. The van der Waals surface area contributed by atoms with Gasteiger partial charge in [-0.3, -0.25) is 0 Å². The van der Waals surface area contributed by atoms with Crippen LogP contribution in [0.5, 0.6) is 0 Å². The second-order valence-electron chi connectivity index (χ2n) is 5.23. The SMILES string of the molecule is CC(C)Cn1ncnc1CC(N)c1cc(F)ccc1F. The zero-order chi connectivity index (χ0) is 14.7. The number of hydrogen-bond donors (Lipinski definition) is 1. The molecule has 6 heteroatoms. The highest BCUT2D eigenvalue weighted by Crippen LogP contribution is 2.19. The summed E-state index contributed by atoms with van der Waals surface area (Å²) in [5.41, 5.74) is 6.12. The number of nitrogens with two attached hydrogens (primary N) is 1. The molecule has 0 aliphatic rings. The summed E-state index contributed by atoms with van der Waals surface area (Å²) in [5, 5.41) is 4.13. The van der Waals surface area contributed by atoms with Crippen LogP contribution in [-0.4, -0.2) is 14.8 Å². The summed E-state index contributed by atoms with van der Waals surface area (Å²) in [7, 11) is 0. The maximum absolute atomic E-state index is 13.7. The van der Waals surface area contributed by atoms with Crippen LogP contribution < -0.4 is 5.73 Å². The van der Waals surface area contributed by atoms with Crippen LogP contribution in [0.15, 0.2) is 24.5 Å². The lowest BCUT2D eigenvalue weighted by atomic mass is 10.0. The second-order valence-corrected chi connectivity index (χ2v) is 5.23. The molecule has 0 aliphatic carbocycles. The van der Waals surface area contributed by atoms with E-state index in [9.17, 15) is 8.78 Å². The molecule has 0 bridgehead atoms. The average Bonchev–Trinajstić information content (AvgIpc) is 2.78. The Bertz CT molecular complexity index is 580. The summed E-state index contributed by atoms with van der Waals surface area (Å²) in [6.07, 6.45) is 1.76. The molecular weight excluding hydrogens is 262 g/mol. The predicted octanol–water partition coefficient (Wildman–Crippen LogP) is 2.45. The van der Waals surface area contributed by atoms with E-state index >= 15 is 0 Å². The van der Waals surface area contributed by atoms with Gasteiger partial charge in [0.2, 0.25) is 0 Å². The summed E-state index contributed by atoms with van der Waals surface area (Å²) in [6.45, 7) is 4.85. The van der Waals surface area contributed by atoms with Crippen molar-refractivity contribution in [2.45, 2.75) is 32.9 Å². The Morgan fingerprint density at radius 1 is 1.30 bits per heavy atom. The van der Waals surface area contributed by atoms with Gasteiger partial charge in [0.05, 0.1) is 0 Å². The minimum Gasteiger partial charge on any atom is -0.323 e. The minimum atomic E-state index is -0.652. The molecule has 108 valence electrons. The molecule has 2 aromatic rings. The average molecular weight is 280 g/mol. The fourth-order valence-electron chi connectivity index (χ4n) is 2.05. The number of benzene rings is 1. The van der Waals surface area contributed by atoms with Crippen molar-refractivity contribution in [2.24, 2.45) is 11.7 Å². The molecule has 0 saturated heterocycles. The van der Waals surface area contributed by atoms with Gasteiger partial charge in [-0.25, -0.2) is 18.4 Å². The van der Waals surface area contributed by atoms with Gasteiger partial charge in [-0.2, -0.15) is 5.10 Å². The fourth-order valence-corrected chi connectivity index (χ4v) is 2.05. The summed E-state index contributed by atoms with van der Waals surface area (Å²) >= 11 is 0. The van der Waals surface area contributed by atoms with Crippen LogP contribution in [0, 0.1) is 17.6 Å². The lowest BCUT2D eigenvalue weighted by Gasteiger charge is -2.14. The Hall–Kier alpha value is -1.82. The first kappa shape index (κ1) is 14.6. The van der Waals surface area contributed by atoms with Crippen LogP contribution in [0.25, 0.3) is 0 Å². The molecule has 0 spiro atoms. The molecule has 0 saturated carbocycles. The van der Waals surface area contributed by atoms with E-state index in [-0.39, 0.29) is 5.56 Å². The molecule has 4 nitrogen and oxygen atoms in total. The Balaban J connectivity index is 2.17. The number of aromatic nitrogens is 3. The highest BCUT2D eigenvalue weighted by molar-refractivity contribution is 5.22. The zero-order valence-corrected chi connectivity index (χ0v) is 11.6. The van der Waals surface area contributed by atoms with E-state index in [4.69, 9.17) is 5.73 Å². The minimum absolute atomic E-state index is 0.157. The van der Waals surface area contributed by atoms with E-state index < -0.39 is 17.7 Å². The maximum atomic E-state index is 13.7. The van der Waals surface area contributed by atoms with E-state index in [1.807, 2.05) is 0 Å². The molecule has 20 heavy (non-hydrogen) atoms. The van der Waals surface area contributed by atoms with Crippen molar-refractivity contribution in [1.82, 2.24) is 14.8 Å². The molecule has 2 N–H and O–H groups in total. The third kappa shape index (κ3) is 3.39. The number of rotatable bonds is 5. The third-order valence-corrected chi connectivity index (χ3v) is 2.99. The summed E-state index contributed by atoms with van der Waals surface area (Å²) < 4.78 is 28.6. The van der Waals surface area contributed by atoms with Gasteiger partial charge in [0.1, 0.15) is 23.8 Å². The molecule has 1 atom stereocenters. The molecule has 0 radical (unpaired) electrons. The van der Waals surface area contributed by atoms with Gasteiger partial charge in [0, 0.05) is 24.6 Å². The lowest BCUT2D eigenvalue weighted by Crippen LogP contribution is -2.19. The van der Waals surface area contributed by atoms with E-state index in [1.54, 1.807) is 4.68 Å². The van der Waals surface area contributed by atoms with Gasteiger partial charge >= 0.3 is 0 Å². The molecule has 0 aliphatic heterocycles. The standard InChI is InChI=1S/C14H18F2N4/c1-9(2)7-20-14(18-8-19-20)6-13(17)11-5-10(15)3-4-12(11)16/h3-5,8-9,13H,6-7,17H2,1-2H3. The van der Waals surface area contributed by atoms with Crippen LogP contribution in [-0.2, 0) is 13.0 Å². The Kier molecular flexibility index (Phi) is 4.44. The van der Waals surface area contributed by atoms with Crippen LogP contribution in [0.4, 0.5) is 8.78 Å². The fraction of sp³-hybridized carbons (Fsp3) is 0.429. The summed E-state index contributed by atoms with van der Waals surface area (Å²) in [4.78, 5) is 4.14. The predicted molar refractivity (Wildman–Crippen MR) is 71.9 cm³/mol. The molecule has 2 rings (SSSR count). The van der Waals surface area contributed by atoms with E-state index in [1.165, 1.54) is 6.33 Å². The highest BCUT2D eigenvalue weighted by atomic mass is 19.1. The Morgan fingerprint density at radius 3 is 2.75 bits per heavy atom. The maximum Gasteiger partial charge on any atom is 0.138 e. The lowest BCUT2D eigenvalue weighted by molar-refractivity contribution is 0.457. The second kappa shape index (κ2) is 6.09. The van der Waals surface area contributed by atoms with Gasteiger partial charge in [-0.1, -0.05) is 13.8 Å². The van der Waals surface area contributed by atoms with Crippen LogP contribution >= 0.6 is 0 Å². The Morgan fingerprint density at radius 2 is 2.05 bits per heavy atom. The van der Waals surface area contributed by atoms with Crippen LogP contribution in [0.3, 0.4) is 0 Å². The normalized spacial score (nSPS) is 12.9. The van der Waals surface area contributed by atoms with Crippen molar-refractivity contribution in [3.63, 3.8) is 0 Å². The quantitative estimate of drug-likeness (QED) is 0.915. The van der Waals surface area contributed by atoms with E-state index in [0.29, 0.717) is 24.7 Å². The van der Waals surface area contributed by atoms with Crippen molar-refractivity contribution in [2.75, 3.05) is 0 Å². The van der Waals surface area contributed by atoms with E-state index in [0.717, 1.165) is 18.2 Å². The van der Waals surface area contributed by atoms with Gasteiger partial charge < -0.3 is 5.73 Å². The van der Waals surface area contributed by atoms with Crippen molar-refractivity contribution < 1.29 is 8.78 Å². The molecule has 0 fully saturated rings. The van der Waals surface area contributed by atoms with Crippen molar-refractivity contribution in [3.05, 3.63) is 47.5 Å². The molecule has 1 aromatic heterocycles. The van der Waals surface area contributed by atoms with Gasteiger partial charge in [0.15, 0.2) is 0 Å². The zero-order valence-electron chi connectivity index (χ0n) is 11.6. The number of halogens is 2. The largest absolute Gasteiger partial charge is 0.323 e. The third-order valence-electron chi connectivity index (χ3n) is 2.99. The number of nitrogens with zero attached hydrogens (tertiary/aromatic N) is 3. The molecule has 1 unspecified atom stereocenters. The summed E-state index contributed by atoms with van der Waals surface area (Å²) in [6, 6.07) is 2.64. The first-order valence-electron chi connectivity index (χ1n) is 6.54. The topological polar surface area (TPSA) is 56.7 Å². The van der Waals surface area contributed by atoms with Crippen LogP contribution in [0.1, 0.15) is 31.3 Å². The van der Waals surface area contributed by atoms with Crippen molar-refractivity contribution in [1.29, 1.82) is 0 Å². The van der Waals surface area contributed by atoms with Gasteiger partial charge in [-0.15, -0.1) is 0 Å². The van der Waals surface area contributed by atoms with Crippen LogP contribution in [0.2, 0.25) is 0 Å². The smallest absolute Gasteiger partial charge is 0.138 e. The van der Waals surface area contributed by atoms with Crippen molar-refractivity contribution >= 4 is 0 Å². The molecular formula is C14H18F2N4. The first-order valence-corrected chi connectivity index (χ1v) is 6.54. The summed E-state index contributed by atoms with van der Waals surface area (Å²) in [5.74, 6) is 0.0850. The van der Waals surface area contributed by atoms with E-state index in [2.05, 4.69) is 23.9 Å². The van der Waals surface area contributed by atoms with Crippen molar-refractivity contribution in [3.8, 4) is 0 Å². The van der Waals surface area contributed by atoms with Gasteiger partial charge in [0.25, 0.3) is 0 Å². The van der Waals surface area contributed by atoms with Gasteiger partial charge in [-0.05, 0) is 24.1 Å². The first-order chi connectivity index (χ1) is 9.47. The highest BCUT2D eigenvalue weighted by Gasteiger charge is 2.16. The molecule has 1 aromatic carbocycles. The molecule has 1 heterocycles. The number of hydrogen-bond acceptors (Lipinski definition) is 3. The Labute approximate surface area is 116 Å².